The van der Waals surface area contributed by atoms with E-state index in [2.05, 4.69) is 0 Å². The predicted molar refractivity (Wildman–Crippen MR) is 92.6 cm³/mol. The van der Waals surface area contributed by atoms with Gasteiger partial charge in [0.25, 0.3) is 0 Å². The van der Waals surface area contributed by atoms with Gasteiger partial charge in [0.1, 0.15) is 5.75 Å². The van der Waals surface area contributed by atoms with Gasteiger partial charge in [0.15, 0.2) is 17.4 Å². The van der Waals surface area contributed by atoms with Gasteiger partial charge in [0, 0.05) is 0 Å². The van der Waals surface area contributed by atoms with Crippen molar-refractivity contribution in [2.75, 3.05) is 0 Å². The lowest BCUT2D eigenvalue weighted by Gasteiger charge is -2.11. The average Bonchev–Trinajstić information content (AvgIpc) is 2.70. The van der Waals surface area contributed by atoms with Gasteiger partial charge in [-0.3, -0.25) is 4.79 Å². The van der Waals surface area contributed by atoms with Crippen LogP contribution in [0.4, 0.5) is 17.6 Å². The van der Waals surface area contributed by atoms with Gasteiger partial charge in [0.05, 0.1) is 5.56 Å². The first-order chi connectivity index (χ1) is 13.0. The van der Waals surface area contributed by atoms with Crippen LogP contribution in [0.15, 0.2) is 66.7 Å². The summed E-state index contributed by atoms with van der Waals surface area (Å²) in [6.45, 7) is 0. The van der Waals surface area contributed by atoms with Gasteiger partial charge in [0.2, 0.25) is 17.4 Å². The van der Waals surface area contributed by atoms with Crippen molar-refractivity contribution in [3.63, 3.8) is 0 Å². The van der Waals surface area contributed by atoms with Crippen molar-refractivity contribution in [1.29, 1.82) is 0 Å². The van der Waals surface area contributed by atoms with E-state index in [4.69, 9.17) is 4.74 Å². The van der Waals surface area contributed by atoms with Gasteiger partial charge < -0.3 is 4.74 Å². The normalized spacial score (nSPS) is 11.0. The Morgan fingerprint density at radius 1 is 0.741 bits per heavy atom. The summed E-state index contributed by atoms with van der Waals surface area (Å²) in [6, 6.07) is 15.8. The zero-order valence-corrected chi connectivity index (χ0v) is 13.8. The number of carbonyl (C=O) groups excluding carboxylic acids is 1. The molecule has 0 atom stereocenters. The average molecular weight is 372 g/mol. The molecule has 0 fully saturated rings. The highest BCUT2D eigenvalue weighted by Gasteiger charge is 2.29. The first-order valence-electron chi connectivity index (χ1n) is 7.85. The number of para-hydroxylation sites is 1. The number of rotatable bonds is 5. The minimum atomic E-state index is -1.82. The van der Waals surface area contributed by atoms with Gasteiger partial charge in [-0.05, 0) is 23.8 Å². The van der Waals surface area contributed by atoms with Crippen LogP contribution in [0.3, 0.4) is 0 Å². The van der Waals surface area contributed by atoms with E-state index in [-0.39, 0.29) is 5.75 Å². The highest BCUT2D eigenvalue weighted by atomic mass is 19.2. The van der Waals surface area contributed by atoms with Crippen LogP contribution in [0.25, 0.3) is 6.08 Å². The van der Waals surface area contributed by atoms with Gasteiger partial charge in [-0.15, -0.1) is 0 Å². The largest absolute Gasteiger partial charge is 0.451 e. The molecule has 0 heterocycles. The fourth-order valence-electron chi connectivity index (χ4n) is 2.34. The summed E-state index contributed by atoms with van der Waals surface area (Å²) in [4.78, 5) is 12.1. The lowest BCUT2D eigenvalue weighted by molar-refractivity contribution is 0.103. The van der Waals surface area contributed by atoms with Gasteiger partial charge >= 0.3 is 0 Å². The van der Waals surface area contributed by atoms with E-state index < -0.39 is 40.4 Å². The Bertz CT molecular complexity index is 971. The van der Waals surface area contributed by atoms with Crippen molar-refractivity contribution in [2.45, 2.75) is 0 Å². The topological polar surface area (TPSA) is 26.3 Å². The molecule has 6 heteroatoms. The lowest BCUT2D eigenvalue weighted by atomic mass is 10.1. The van der Waals surface area contributed by atoms with E-state index in [1.54, 1.807) is 36.4 Å². The van der Waals surface area contributed by atoms with Crippen LogP contribution < -0.4 is 4.74 Å². The first kappa shape index (κ1) is 18.4. The number of hydrogen-bond donors (Lipinski definition) is 0. The van der Waals surface area contributed by atoms with E-state index in [0.29, 0.717) is 5.56 Å². The molecule has 0 aromatic heterocycles. The Balaban J connectivity index is 1.97. The Labute approximate surface area is 152 Å². The Morgan fingerprint density at radius 3 is 1.81 bits per heavy atom. The van der Waals surface area contributed by atoms with E-state index in [9.17, 15) is 22.4 Å². The van der Waals surface area contributed by atoms with Gasteiger partial charge in [-0.25, -0.2) is 8.78 Å². The van der Waals surface area contributed by atoms with Crippen molar-refractivity contribution >= 4 is 11.9 Å². The molecule has 0 aliphatic rings. The van der Waals surface area contributed by atoms with E-state index in [1.807, 2.05) is 0 Å². The summed E-state index contributed by atoms with van der Waals surface area (Å²) < 4.78 is 61.9. The fourth-order valence-corrected chi connectivity index (χ4v) is 2.34. The number of ketones is 1. The van der Waals surface area contributed by atoms with E-state index in [1.165, 1.54) is 30.3 Å². The second kappa shape index (κ2) is 7.86. The van der Waals surface area contributed by atoms with Crippen LogP contribution in [0.2, 0.25) is 0 Å². The number of carbonyl (C=O) groups is 1. The molecule has 0 aliphatic carbocycles. The van der Waals surface area contributed by atoms with Crippen molar-refractivity contribution < 1.29 is 27.1 Å². The maximum atomic E-state index is 14.3. The van der Waals surface area contributed by atoms with Crippen LogP contribution in [0, 0.1) is 23.3 Å². The zero-order chi connectivity index (χ0) is 19.4. The molecule has 0 aliphatic heterocycles. The summed E-state index contributed by atoms with van der Waals surface area (Å²) in [6.07, 6.45) is 2.12. The molecule has 0 saturated carbocycles. The fraction of sp³-hybridized carbons (Fsp3) is 0. The third-order valence-corrected chi connectivity index (χ3v) is 3.66. The molecular weight excluding hydrogens is 360 g/mol. The molecule has 2 nitrogen and oxygen atoms in total. The van der Waals surface area contributed by atoms with Crippen LogP contribution in [-0.2, 0) is 0 Å². The molecule has 0 unspecified atom stereocenters. The molecule has 0 saturated heterocycles. The predicted octanol–water partition coefficient (Wildman–Crippen LogP) is 5.93. The van der Waals surface area contributed by atoms with Gasteiger partial charge in [-0.2, -0.15) is 8.78 Å². The van der Waals surface area contributed by atoms with Crippen molar-refractivity contribution in [2.24, 2.45) is 0 Å². The molecule has 0 spiro atoms. The Hall–Kier alpha value is -3.41. The quantitative estimate of drug-likeness (QED) is 0.240. The van der Waals surface area contributed by atoms with Crippen LogP contribution in [-0.4, -0.2) is 5.78 Å². The standard InChI is InChI=1S/C21H12F4O2/c22-17-16(15(26)12-11-13-7-3-1-4-8-13)18(23)20(25)21(19(17)24)27-14-9-5-2-6-10-14/h1-12H. The number of hydrogen-bond acceptors (Lipinski definition) is 2. The molecule has 0 radical (unpaired) electrons. The molecule has 136 valence electrons. The van der Waals surface area contributed by atoms with Crippen molar-refractivity contribution in [1.82, 2.24) is 0 Å². The third kappa shape index (κ3) is 3.89. The first-order valence-corrected chi connectivity index (χ1v) is 7.85. The highest BCUT2D eigenvalue weighted by molar-refractivity contribution is 6.07. The van der Waals surface area contributed by atoms with Crippen LogP contribution >= 0.6 is 0 Å². The molecule has 27 heavy (non-hydrogen) atoms. The lowest BCUT2D eigenvalue weighted by Crippen LogP contribution is -2.10. The molecule has 0 bridgehead atoms. The van der Waals surface area contributed by atoms with Crippen LogP contribution in [0.5, 0.6) is 11.5 Å². The number of halogens is 4. The monoisotopic (exact) mass is 372 g/mol. The van der Waals surface area contributed by atoms with E-state index in [0.717, 1.165) is 6.08 Å². The summed E-state index contributed by atoms with van der Waals surface area (Å²) in [7, 11) is 0. The summed E-state index contributed by atoms with van der Waals surface area (Å²) in [5.41, 5.74) is -0.741. The highest BCUT2D eigenvalue weighted by Crippen LogP contribution is 2.33. The molecule has 0 amide bonds. The van der Waals surface area contributed by atoms with Crippen molar-refractivity contribution in [3.8, 4) is 11.5 Å². The summed E-state index contributed by atoms with van der Waals surface area (Å²) in [5, 5.41) is 0. The number of benzene rings is 3. The van der Waals surface area contributed by atoms with E-state index >= 15 is 0 Å². The van der Waals surface area contributed by atoms with Gasteiger partial charge in [-0.1, -0.05) is 54.6 Å². The minimum absolute atomic E-state index is 0.0165. The molecular formula is C21H12F4O2. The third-order valence-electron chi connectivity index (χ3n) is 3.66. The maximum Gasteiger partial charge on any atom is 0.205 e. The maximum absolute atomic E-state index is 14.3. The summed E-state index contributed by atoms with van der Waals surface area (Å²) >= 11 is 0. The number of ether oxygens (including phenoxy) is 1. The molecule has 0 N–H and O–H groups in total. The smallest absolute Gasteiger partial charge is 0.205 e. The van der Waals surface area contributed by atoms with Crippen LogP contribution in [0.1, 0.15) is 15.9 Å². The number of allylic oxidation sites excluding steroid dienone is 1. The Kier molecular flexibility index (Phi) is 5.35. The Morgan fingerprint density at radius 2 is 1.26 bits per heavy atom. The molecule has 3 rings (SSSR count). The second-order valence-electron chi connectivity index (χ2n) is 5.48. The minimum Gasteiger partial charge on any atom is -0.451 e. The molecule has 3 aromatic rings. The second-order valence-corrected chi connectivity index (χ2v) is 5.48. The SMILES string of the molecule is O=C(C=Cc1ccccc1)c1c(F)c(F)c(Oc2ccccc2)c(F)c1F. The zero-order valence-electron chi connectivity index (χ0n) is 13.8. The summed E-state index contributed by atoms with van der Waals surface area (Å²) in [5.74, 6) is -9.68. The van der Waals surface area contributed by atoms with Crippen molar-refractivity contribution in [3.05, 3.63) is 101 Å². The molecule has 3 aromatic carbocycles.